The van der Waals surface area contributed by atoms with E-state index in [1.165, 1.54) is 28.6 Å². The van der Waals surface area contributed by atoms with Crippen LogP contribution in [0.3, 0.4) is 0 Å². The summed E-state index contributed by atoms with van der Waals surface area (Å²) in [6, 6.07) is 4.22. The van der Waals surface area contributed by atoms with Gasteiger partial charge in [-0.15, -0.1) is 0 Å². The number of carbonyl (C=O) groups excluding carboxylic acids is 1. The van der Waals surface area contributed by atoms with Crippen molar-refractivity contribution in [2.45, 2.75) is 58.4 Å². The number of aryl methyl sites for hydroxylation is 3. The SMILES string of the molecule is CCOC(=O)CCn1cnc(C#N)c1.O=C(O)Nc1c2c(cc3c1CCC3)CCC2. The van der Waals surface area contributed by atoms with Crippen LogP contribution in [-0.4, -0.2) is 33.3 Å². The third-order valence-corrected chi connectivity index (χ3v) is 5.33. The minimum absolute atomic E-state index is 0.236. The molecule has 0 radical (unpaired) electrons. The van der Waals surface area contributed by atoms with Crippen molar-refractivity contribution in [1.82, 2.24) is 9.55 Å². The molecule has 0 fully saturated rings. The van der Waals surface area contributed by atoms with Crippen LogP contribution >= 0.6 is 0 Å². The normalized spacial score (nSPS) is 13.5. The number of nitriles is 1. The Morgan fingerprint density at radius 1 is 1.23 bits per heavy atom. The number of hydrogen-bond acceptors (Lipinski definition) is 5. The fourth-order valence-corrected chi connectivity index (χ4v) is 4.07. The number of imidazole rings is 1. The standard InChI is InChI=1S/C13H15NO2.C9H11N3O2/c15-13(16)14-12-10-5-1-3-8(10)7-9-4-2-6-11(9)12;1-2-14-9(13)3-4-12-6-8(5-10)11-7-12/h7,14H,1-6H2,(H,15,16);6-7H,2-4H2,1H3. The van der Waals surface area contributed by atoms with E-state index in [0.717, 1.165) is 44.2 Å². The first-order valence-electron chi connectivity index (χ1n) is 10.3. The monoisotopic (exact) mass is 410 g/mol. The van der Waals surface area contributed by atoms with E-state index < -0.39 is 6.09 Å². The third kappa shape index (κ3) is 5.17. The quantitative estimate of drug-likeness (QED) is 0.729. The number of benzene rings is 1. The van der Waals surface area contributed by atoms with E-state index in [9.17, 15) is 9.59 Å². The highest BCUT2D eigenvalue weighted by atomic mass is 16.5. The Bertz CT molecular complexity index is 942. The van der Waals surface area contributed by atoms with Gasteiger partial charge >= 0.3 is 12.1 Å². The Morgan fingerprint density at radius 2 is 1.90 bits per heavy atom. The molecule has 0 bridgehead atoms. The molecule has 30 heavy (non-hydrogen) atoms. The summed E-state index contributed by atoms with van der Waals surface area (Å²) >= 11 is 0. The zero-order valence-corrected chi connectivity index (χ0v) is 17.1. The average Bonchev–Trinajstić information content (AvgIpc) is 3.46. The van der Waals surface area contributed by atoms with Crippen molar-refractivity contribution in [3.05, 3.63) is 46.5 Å². The predicted octanol–water partition coefficient (Wildman–Crippen LogP) is 3.46. The first-order valence-corrected chi connectivity index (χ1v) is 10.3. The summed E-state index contributed by atoms with van der Waals surface area (Å²) in [4.78, 5) is 25.6. The van der Waals surface area contributed by atoms with Crippen LogP contribution < -0.4 is 5.32 Å². The number of amides is 1. The van der Waals surface area contributed by atoms with Gasteiger partial charge in [0, 0.05) is 12.7 Å². The van der Waals surface area contributed by atoms with E-state index in [-0.39, 0.29) is 5.97 Å². The number of esters is 1. The van der Waals surface area contributed by atoms with Crippen molar-refractivity contribution in [2.24, 2.45) is 0 Å². The molecular weight excluding hydrogens is 384 g/mol. The van der Waals surface area contributed by atoms with Gasteiger partial charge in [0.05, 0.1) is 25.0 Å². The average molecular weight is 410 g/mol. The predicted molar refractivity (Wildman–Crippen MR) is 110 cm³/mol. The molecular formula is C22H26N4O4. The molecule has 1 amide bonds. The molecule has 0 saturated heterocycles. The second kappa shape index (κ2) is 9.92. The molecule has 2 N–H and O–H groups in total. The minimum atomic E-state index is -0.936. The number of ether oxygens (including phenoxy) is 1. The van der Waals surface area contributed by atoms with Crippen LogP contribution in [0.2, 0.25) is 0 Å². The topological polar surface area (TPSA) is 117 Å². The van der Waals surface area contributed by atoms with E-state index in [1.807, 2.05) is 6.07 Å². The number of carbonyl (C=O) groups is 2. The van der Waals surface area contributed by atoms with Gasteiger partial charge in [-0.2, -0.15) is 5.26 Å². The van der Waals surface area contributed by atoms with Gasteiger partial charge in [-0.1, -0.05) is 6.07 Å². The van der Waals surface area contributed by atoms with E-state index in [0.29, 0.717) is 25.3 Å². The molecule has 8 nitrogen and oxygen atoms in total. The smallest absolute Gasteiger partial charge is 0.409 e. The molecule has 2 aliphatic carbocycles. The molecule has 2 aliphatic rings. The van der Waals surface area contributed by atoms with E-state index in [2.05, 4.69) is 16.4 Å². The summed E-state index contributed by atoms with van der Waals surface area (Å²) in [5, 5.41) is 20.0. The summed E-state index contributed by atoms with van der Waals surface area (Å²) in [6.45, 7) is 2.66. The summed E-state index contributed by atoms with van der Waals surface area (Å²) < 4.78 is 6.45. The second-order valence-electron chi connectivity index (χ2n) is 7.33. The van der Waals surface area contributed by atoms with Crippen molar-refractivity contribution in [3.8, 4) is 6.07 Å². The number of carboxylic acid groups (broad SMARTS) is 1. The summed E-state index contributed by atoms with van der Waals surface area (Å²) in [7, 11) is 0. The van der Waals surface area contributed by atoms with Gasteiger partial charge in [0.1, 0.15) is 6.07 Å². The molecule has 1 heterocycles. The summed E-state index contributed by atoms with van der Waals surface area (Å²) in [6.07, 6.45) is 9.07. The van der Waals surface area contributed by atoms with Crippen LogP contribution in [-0.2, 0) is 41.8 Å². The highest BCUT2D eigenvalue weighted by molar-refractivity contribution is 5.86. The van der Waals surface area contributed by atoms with Crippen LogP contribution in [0.15, 0.2) is 18.6 Å². The molecule has 0 aliphatic heterocycles. The van der Waals surface area contributed by atoms with Gasteiger partial charge in [-0.25, -0.2) is 9.78 Å². The van der Waals surface area contributed by atoms with E-state index >= 15 is 0 Å². The van der Waals surface area contributed by atoms with Crippen molar-refractivity contribution in [2.75, 3.05) is 11.9 Å². The van der Waals surface area contributed by atoms with E-state index in [4.69, 9.17) is 15.1 Å². The lowest BCUT2D eigenvalue weighted by Crippen LogP contribution is -2.12. The molecule has 0 unspecified atom stereocenters. The minimum Gasteiger partial charge on any atom is -0.466 e. The molecule has 4 rings (SSSR count). The maximum Gasteiger partial charge on any atom is 0.409 e. The van der Waals surface area contributed by atoms with E-state index in [1.54, 1.807) is 17.7 Å². The Morgan fingerprint density at radius 3 is 2.43 bits per heavy atom. The maximum atomic E-state index is 11.0. The van der Waals surface area contributed by atoms with Gasteiger partial charge in [-0.05, 0) is 67.7 Å². The van der Waals surface area contributed by atoms with Gasteiger partial charge < -0.3 is 14.4 Å². The molecule has 158 valence electrons. The molecule has 1 aromatic carbocycles. The Kier molecular flexibility index (Phi) is 7.07. The number of hydrogen-bond donors (Lipinski definition) is 2. The molecule has 0 spiro atoms. The number of nitrogens with one attached hydrogen (secondary N) is 1. The van der Waals surface area contributed by atoms with Crippen LogP contribution in [0.25, 0.3) is 0 Å². The lowest BCUT2D eigenvalue weighted by Gasteiger charge is -2.14. The number of anilines is 1. The Hall–Kier alpha value is -3.34. The van der Waals surface area contributed by atoms with Crippen LogP contribution in [0.1, 0.15) is 54.1 Å². The van der Waals surface area contributed by atoms with Crippen molar-refractivity contribution < 1.29 is 19.4 Å². The Labute approximate surface area is 175 Å². The molecule has 0 atom stereocenters. The fourth-order valence-electron chi connectivity index (χ4n) is 4.07. The highest BCUT2D eigenvalue weighted by Gasteiger charge is 2.24. The summed E-state index contributed by atoms with van der Waals surface area (Å²) in [5.74, 6) is -0.236. The van der Waals surface area contributed by atoms with Crippen molar-refractivity contribution in [1.29, 1.82) is 5.26 Å². The number of nitrogens with zero attached hydrogens (tertiary/aromatic N) is 3. The van der Waals surface area contributed by atoms with Crippen molar-refractivity contribution >= 4 is 17.7 Å². The zero-order valence-electron chi connectivity index (χ0n) is 17.1. The van der Waals surface area contributed by atoms with Crippen molar-refractivity contribution in [3.63, 3.8) is 0 Å². The van der Waals surface area contributed by atoms with Gasteiger partial charge in [0.2, 0.25) is 0 Å². The highest BCUT2D eigenvalue weighted by Crippen LogP contribution is 2.38. The molecule has 8 heteroatoms. The first kappa shape index (κ1) is 21.4. The van der Waals surface area contributed by atoms with Gasteiger partial charge in [-0.3, -0.25) is 10.1 Å². The summed E-state index contributed by atoms with van der Waals surface area (Å²) in [5.41, 5.74) is 6.50. The maximum absolute atomic E-state index is 11.0. The lowest BCUT2D eigenvalue weighted by molar-refractivity contribution is -0.143. The van der Waals surface area contributed by atoms with Crippen LogP contribution in [0.5, 0.6) is 0 Å². The number of aromatic nitrogens is 2. The molecule has 1 aromatic heterocycles. The second-order valence-corrected chi connectivity index (χ2v) is 7.33. The van der Waals surface area contributed by atoms with Crippen LogP contribution in [0, 0.1) is 11.3 Å². The fraction of sp³-hybridized carbons (Fsp3) is 0.455. The van der Waals surface area contributed by atoms with Crippen LogP contribution in [0.4, 0.5) is 10.5 Å². The molecule has 0 saturated carbocycles. The number of rotatable bonds is 5. The largest absolute Gasteiger partial charge is 0.466 e. The van der Waals surface area contributed by atoms with Gasteiger partial charge in [0.25, 0.3) is 0 Å². The lowest BCUT2D eigenvalue weighted by atomic mass is 9.99. The molecule has 2 aromatic rings. The van der Waals surface area contributed by atoms with Gasteiger partial charge in [0.15, 0.2) is 5.69 Å². The number of fused-ring (bicyclic) bond motifs is 2. The first-order chi connectivity index (χ1) is 14.5. The third-order valence-electron chi connectivity index (χ3n) is 5.33. The zero-order chi connectivity index (χ0) is 21.5. The Balaban J connectivity index is 0.000000173.